The third-order valence-electron chi connectivity index (χ3n) is 1.84. The zero-order valence-corrected chi connectivity index (χ0v) is 9.85. The number of aryl methyl sites for hydroxylation is 1. The predicted octanol–water partition coefficient (Wildman–Crippen LogP) is 1.50. The van der Waals surface area contributed by atoms with Crippen molar-refractivity contribution in [2.75, 3.05) is 13.7 Å². The third-order valence-corrected chi connectivity index (χ3v) is 2.04. The van der Waals surface area contributed by atoms with E-state index in [0.29, 0.717) is 5.56 Å². The summed E-state index contributed by atoms with van der Waals surface area (Å²) in [5.41, 5.74) is 0.417. The standard InChI is InChI=1S/C9H9ClN2O5/c1-5-3-6(10)11-9(12(14)15)8(5)17-4-7(13)16-2/h3H,4H2,1-2H3. The number of hydrogen-bond donors (Lipinski definition) is 0. The summed E-state index contributed by atoms with van der Waals surface area (Å²) in [6.45, 7) is 1.13. The number of ether oxygens (including phenoxy) is 2. The zero-order valence-electron chi connectivity index (χ0n) is 9.10. The van der Waals surface area contributed by atoms with Crippen LogP contribution in [0, 0.1) is 17.0 Å². The molecule has 0 aromatic carbocycles. The molecule has 0 aliphatic carbocycles. The summed E-state index contributed by atoms with van der Waals surface area (Å²) in [4.78, 5) is 24.4. The number of pyridine rings is 1. The molecule has 1 aromatic heterocycles. The molecule has 1 rings (SSSR count). The molecule has 0 fully saturated rings. The van der Waals surface area contributed by atoms with Crippen LogP contribution in [0.3, 0.4) is 0 Å². The van der Waals surface area contributed by atoms with Gasteiger partial charge < -0.3 is 19.6 Å². The fourth-order valence-corrected chi connectivity index (χ4v) is 1.34. The Bertz CT molecular complexity index is 463. The molecule has 0 atom stereocenters. The van der Waals surface area contributed by atoms with Crippen molar-refractivity contribution < 1.29 is 19.2 Å². The Balaban J connectivity index is 3.04. The van der Waals surface area contributed by atoms with Crippen LogP contribution in [-0.2, 0) is 9.53 Å². The van der Waals surface area contributed by atoms with Gasteiger partial charge in [0, 0.05) is 11.6 Å². The van der Waals surface area contributed by atoms with E-state index in [0.717, 1.165) is 0 Å². The predicted molar refractivity (Wildman–Crippen MR) is 58.1 cm³/mol. The molecule has 92 valence electrons. The average Bonchev–Trinajstić information content (AvgIpc) is 2.26. The Labute approximate surface area is 101 Å². The van der Waals surface area contributed by atoms with Crippen LogP contribution in [0.5, 0.6) is 5.75 Å². The van der Waals surface area contributed by atoms with Gasteiger partial charge in [0.1, 0.15) is 0 Å². The lowest BCUT2D eigenvalue weighted by Gasteiger charge is -2.07. The van der Waals surface area contributed by atoms with Crippen molar-refractivity contribution in [3.05, 3.63) is 26.9 Å². The van der Waals surface area contributed by atoms with Crippen molar-refractivity contribution in [1.82, 2.24) is 4.98 Å². The van der Waals surface area contributed by atoms with Gasteiger partial charge in [-0.15, -0.1) is 0 Å². The van der Waals surface area contributed by atoms with E-state index in [1.165, 1.54) is 13.2 Å². The molecular weight excluding hydrogens is 252 g/mol. The zero-order chi connectivity index (χ0) is 13.0. The number of nitrogens with zero attached hydrogens (tertiary/aromatic N) is 2. The minimum atomic E-state index is -0.731. The molecule has 0 spiro atoms. The number of nitro groups is 1. The second kappa shape index (κ2) is 5.44. The molecule has 0 bridgehead atoms. The van der Waals surface area contributed by atoms with Crippen LogP contribution < -0.4 is 4.74 Å². The van der Waals surface area contributed by atoms with Crippen LogP contribution in [0.2, 0.25) is 5.15 Å². The first kappa shape index (κ1) is 13.2. The highest BCUT2D eigenvalue weighted by Gasteiger charge is 2.22. The quantitative estimate of drug-likeness (QED) is 0.353. The van der Waals surface area contributed by atoms with Crippen molar-refractivity contribution in [3.8, 4) is 5.75 Å². The Hall–Kier alpha value is -1.89. The third kappa shape index (κ3) is 3.28. The van der Waals surface area contributed by atoms with E-state index in [-0.39, 0.29) is 10.9 Å². The highest BCUT2D eigenvalue weighted by molar-refractivity contribution is 6.29. The molecule has 7 nitrogen and oxygen atoms in total. The first-order valence-electron chi connectivity index (χ1n) is 4.47. The number of carbonyl (C=O) groups excluding carboxylic acids is 1. The number of aromatic nitrogens is 1. The Morgan fingerprint density at radius 1 is 1.65 bits per heavy atom. The topological polar surface area (TPSA) is 91.6 Å². The maximum absolute atomic E-state index is 10.9. The Morgan fingerprint density at radius 3 is 2.82 bits per heavy atom. The second-order valence-corrected chi connectivity index (χ2v) is 3.42. The van der Waals surface area contributed by atoms with E-state index in [9.17, 15) is 14.9 Å². The molecule has 1 heterocycles. The molecule has 0 saturated heterocycles. The molecule has 0 N–H and O–H groups in total. The summed E-state index contributed by atoms with van der Waals surface area (Å²) in [6, 6.07) is 1.40. The van der Waals surface area contributed by atoms with Gasteiger partial charge in [0.2, 0.25) is 10.9 Å². The summed E-state index contributed by atoms with van der Waals surface area (Å²) >= 11 is 5.59. The first-order valence-corrected chi connectivity index (χ1v) is 4.84. The van der Waals surface area contributed by atoms with E-state index in [1.807, 2.05) is 0 Å². The van der Waals surface area contributed by atoms with Gasteiger partial charge in [-0.3, -0.25) is 0 Å². The highest BCUT2D eigenvalue weighted by atomic mass is 35.5. The molecule has 0 aliphatic rings. The lowest BCUT2D eigenvalue weighted by Crippen LogP contribution is -2.14. The largest absolute Gasteiger partial charge is 0.473 e. The minimum absolute atomic E-state index is 0.0142. The van der Waals surface area contributed by atoms with Crippen molar-refractivity contribution >= 4 is 23.4 Å². The average molecular weight is 261 g/mol. The first-order chi connectivity index (χ1) is 7.95. The van der Waals surface area contributed by atoms with E-state index >= 15 is 0 Å². The van der Waals surface area contributed by atoms with Crippen molar-refractivity contribution in [1.29, 1.82) is 0 Å². The van der Waals surface area contributed by atoms with Gasteiger partial charge >= 0.3 is 11.8 Å². The summed E-state index contributed by atoms with van der Waals surface area (Å²) in [7, 11) is 1.19. The van der Waals surface area contributed by atoms with Crippen LogP contribution in [0.4, 0.5) is 5.82 Å². The van der Waals surface area contributed by atoms with Gasteiger partial charge in [0.05, 0.1) is 7.11 Å². The maximum atomic E-state index is 10.9. The number of halogens is 1. The van der Waals surface area contributed by atoms with E-state index in [2.05, 4.69) is 9.72 Å². The molecule has 1 aromatic rings. The number of rotatable bonds is 4. The van der Waals surface area contributed by atoms with Crippen LogP contribution in [0.15, 0.2) is 6.07 Å². The molecular formula is C9H9ClN2O5. The SMILES string of the molecule is COC(=O)COc1c(C)cc(Cl)nc1[N+](=O)[O-]. The monoisotopic (exact) mass is 260 g/mol. The van der Waals surface area contributed by atoms with Crippen molar-refractivity contribution in [2.24, 2.45) is 0 Å². The summed E-state index contributed by atoms with van der Waals surface area (Å²) < 4.78 is 9.36. The molecule has 0 unspecified atom stereocenters. The number of esters is 1. The van der Waals surface area contributed by atoms with Gasteiger partial charge in [-0.05, 0) is 28.4 Å². The molecule has 0 aliphatic heterocycles. The summed E-state index contributed by atoms with van der Waals surface area (Å²) in [6.07, 6.45) is 0. The number of methoxy groups -OCH3 is 1. The van der Waals surface area contributed by atoms with E-state index in [4.69, 9.17) is 16.3 Å². The number of carbonyl (C=O) groups is 1. The van der Waals surface area contributed by atoms with Crippen LogP contribution in [-0.4, -0.2) is 29.6 Å². The van der Waals surface area contributed by atoms with Crippen LogP contribution in [0.1, 0.15) is 5.56 Å². The van der Waals surface area contributed by atoms with Crippen LogP contribution in [0.25, 0.3) is 0 Å². The van der Waals surface area contributed by atoms with E-state index in [1.54, 1.807) is 6.92 Å². The molecule has 8 heteroatoms. The molecule has 0 radical (unpaired) electrons. The van der Waals surface area contributed by atoms with Crippen molar-refractivity contribution in [3.63, 3.8) is 0 Å². The van der Waals surface area contributed by atoms with Gasteiger partial charge in [0.15, 0.2) is 6.61 Å². The van der Waals surface area contributed by atoms with Gasteiger partial charge in [-0.1, -0.05) is 0 Å². The minimum Gasteiger partial charge on any atom is -0.473 e. The summed E-state index contributed by atoms with van der Waals surface area (Å²) in [5, 5.41) is 10.7. The maximum Gasteiger partial charge on any atom is 0.408 e. The Kier molecular flexibility index (Phi) is 4.22. The van der Waals surface area contributed by atoms with Gasteiger partial charge in [0.25, 0.3) is 0 Å². The van der Waals surface area contributed by atoms with Gasteiger partial charge in [-0.25, -0.2) is 4.79 Å². The van der Waals surface area contributed by atoms with Crippen molar-refractivity contribution in [2.45, 2.75) is 6.92 Å². The van der Waals surface area contributed by atoms with Gasteiger partial charge in [-0.2, -0.15) is 0 Å². The smallest absolute Gasteiger partial charge is 0.408 e. The Morgan fingerprint density at radius 2 is 2.29 bits per heavy atom. The molecule has 17 heavy (non-hydrogen) atoms. The molecule has 0 amide bonds. The summed E-state index contributed by atoms with van der Waals surface area (Å²) in [5.74, 6) is -1.27. The normalized spacial score (nSPS) is 9.82. The molecule has 0 saturated carbocycles. The van der Waals surface area contributed by atoms with Crippen LogP contribution >= 0.6 is 11.6 Å². The highest BCUT2D eigenvalue weighted by Crippen LogP contribution is 2.30. The fourth-order valence-electron chi connectivity index (χ4n) is 1.10. The number of hydrogen-bond acceptors (Lipinski definition) is 6. The van der Waals surface area contributed by atoms with E-state index < -0.39 is 23.3 Å². The lowest BCUT2D eigenvalue weighted by molar-refractivity contribution is -0.390. The lowest BCUT2D eigenvalue weighted by atomic mass is 10.2. The second-order valence-electron chi connectivity index (χ2n) is 3.04. The fraction of sp³-hybridized carbons (Fsp3) is 0.333.